The lowest BCUT2D eigenvalue weighted by atomic mass is 10.2. The third kappa shape index (κ3) is 2.55. The van der Waals surface area contributed by atoms with E-state index >= 15 is 0 Å². The fourth-order valence-corrected chi connectivity index (χ4v) is 2.85. The molecule has 0 atom stereocenters. The largest absolute Gasteiger partial charge is 0.420 e. The highest BCUT2D eigenvalue weighted by molar-refractivity contribution is 5.79. The summed E-state index contributed by atoms with van der Waals surface area (Å²) in [7, 11) is 0. The third-order valence-electron chi connectivity index (χ3n) is 4.16. The van der Waals surface area contributed by atoms with Gasteiger partial charge in [0.25, 0.3) is 11.2 Å². The molecule has 0 unspecified atom stereocenters. The Labute approximate surface area is 144 Å². The first kappa shape index (κ1) is 15.8. The molecule has 9 nitrogen and oxygen atoms in total. The predicted octanol–water partition coefficient (Wildman–Crippen LogP) is 1.91. The molecular formula is C17H12N4O5. The summed E-state index contributed by atoms with van der Waals surface area (Å²) in [6.07, 6.45) is 1.36. The SMILES string of the molecule is O=c1c2cc([N+](=O)[O-])ccc2ncn1CCn1c(=O)oc2ccccc21. The van der Waals surface area contributed by atoms with Gasteiger partial charge in [-0.05, 0) is 18.2 Å². The molecule has 0 N–H and O–H groups in total. The lowest BCUT2D eigenvalue weighted by Gasteiger charge is -2.07. The van der Waals surface area contributed by atoms with E-state index < -0.39 is 16.2 Å². The first-order valence-corrected chi connectivity index (χ1v) is 7.76. The Morgan fingerprint density at radius 3 is 2.73 bits per heavy atom. The van der Waals surface area contributed by atoms with Gasteiger partial charge in [0.2, 0.25) is 0 Å². The quantitative estimate of drug-likeness (QED) is 0.409. The van der Waals surface area contributed by atoms with Crippen molar-refractivity contribution in [1.82, 2.24) is 14.1 Å². The number of nitro benzene ring substituents is 1. The summed E-state index contributed by atoms with van der Waals surface area (Å²) in [4.78, 5) is 39.1. The Morgan fingerprint density at radius 1 is 1.12 bits per heavy atom. The van der Waals surface area contributed by atoms with Gasteiger partial charge in [-0.15, -0.1) is 0 Å². The summed E-state index contributed by atoms with van der Waals surface area (Å²) in [5.74, 6) is -0.511. The van der Waals surface area contributed by atoms with Gasteiger partial charge in [-0.1, -0.05) is 12.1 Å². The van der Waals surface area contributed by atoms with E-state index in [-0.39, 0.29) is 24.2 Å². The highest BCUT2D eigenvalue weighted by atomic mass is 16.6. The standard InChI is InChI=1S/C17H12N4O5/c22-16-12-9-11(21(24)25)5-6-13(12)18-10-19(16)7-8-20-14-3-1-2-4-15(14)26-17(20)23/h1-6,9-10H,7-8H2. The van der Waals surface area contributed by atoms with Crippen molar-refractivity contribution >= 4 is 27.7 Å². The number of oxazole rings is 1. The minimum Gasteiger partial charge on any atom is -0.408 e. The topological polar surface area (TPSA) is 113 Å². The molecule has 0 fully saturated rings. The summed E-state index contributed by atoms with van der Waals surface area (Å²) in [6.45, 7) is 0.381. The summed E-state index contributed by atoms with van der Waals surface area (Å²) >= 11 is 0. The van der Waals surface area contributed by atoms with Gasteiger partial charge < -0.3 is 4.42 Å². The van der Waals surface area contributed by atoms with Crippen LogP contribution in [0.25, 0.3) is 22.0 Å². The summed E-state index contributed by atoms with van der Waals surface area (Å²) in [5.41, 5.74) is 0.903. The molecule has 0 bridgehead atoms. The second kappa shape index (κ2) is 5.96. The van der Waals surface area contributed by atoms with E-state index in [2.05, 4.69) is 4.98 Å². The second-order valence-corrected chi connectivity index (χ2v) is 5.69. The average Bonchev–Trinajstić information content (AvgIpc) is 2.96. The Kier molecular flexibility index (Phi) is 3.61. The van der Waals surface area contributed by atoms with Crippen LogP contribution in [0, 0.1) is 10.1 Å². The zero-order valence-corrected chi connectivity index (χ0v) is 13.4. The van der Waals surface area contributed by atoms with E-state index in [1.165, 1.54) is 33.7 Å². The van der Waals surface area contributed by atoms with Crippen LogP contribution >= 0.6 is 0 Å². The monoisotopic (exact) mass is 352 g/mol. The first-order chi connectivity index (χ1) is 12.5. The van der Waals surface area contributed by atoms with Gasteiger partial charge in [-0.25, -0.2) is 9.78 Å². The van der Waals surface area contributed by atoms with Crippen molar-refractivity contribution in [1.29, 1.82) is 0 Å². The Morgan fingerprint density at radius 2 is 1.92 bits per heavy atom. The Bertz CT molecular complexity index is 1270. The minimum atomic E-state index is -0.562. The fourth-order valence-electron chi connectivity index (χ4n) is 2.85. The third-order valence-corrected chi connectivity index (χ3v) is 4.16. The number of nitro groups is 1. The van der Waals surface area contributed by atoms with Crippen molar-refractivity contribution in [2.45, 2.75) is 13.1 Å². The number of aromatic nitrogens is 3. The van der Waals surface area contributed by atoms with Crippen molar-refractivity contribution in [3.63, 3.8) is 0 Å². The van der Waals surface area contributed by atoms with Gasteiger partial charge in [0, 0.05) is 25.2 Å². The molecule has 26 heavy (non-hydrogen) atoms. The Balaban J connectivity index is 1.72. The maximum atomic E-state index is 12.6. The number of hydrogen-bond donors (Lipinski definition) is 0. The van der Waals surface area contributed by atoms with Crippen LogP contribution in [0.1, 0.15) is 0 Å². The maximum absolute atomic E-state index is 12.6. The van der Waals surface area contributed by atoms with Crippen molar-refractivity contribution < 1.29 is 9.34 Å². The van der Waals surface area contributed by atoms with Crippen molar-refractivity contribution in [2.75, 3.05) is 0 Å². The van der Waals surface area contributed by atoms with Crippen molar-refractivity contribution in [3.05, 3.63) is 79.8 Å². The molecule has 0 radical (unpaired) electrons. The zero-order chi connectivity index (χ0) is 18.3. The van der Waals surface area contributed by atoms with Crippen LogP contribution < -0.4 is 11.3 Å². The van der Waals surface area contributed by atoms with E-state index in [0.29, 0.717) is 16.6 Å². The van der Waals surface area contributed by atoms with E-state index in [0.717, 1.165) is 0 Å². The lowest BCUT2D eigenvalue weighted by molar-refractivity contribution is -0.384. The fraction of sp³-hybridized carbons (Fsp3) is 0.118. The molecule has 0 aliphatic heterocycles. The summed E-state index contributed by atoms with van der Waals surface area (Å²) in [6, 6.07) is 10.9. The highest BCUT2D eigenvalue weighted by Gasteiger charge is 2.12. The zero-order valence-electron chi connectivity index (χ0n) is 13.4. The molecule has 4 aromatic rings. The molecule has 2 heterocycles. The number of non-ortho nitro benzene ring substituents is 1. The molecule has 2 aromatic carbocycles. The van der Waals surface area contributed by atoms with Crippen LogP contribution in [0.15, 0.2) is 62.8 Å². The van der Waals surface area contributed by atoms with Crippen molar-refractivity contribution in [2.24, 2.45) is 0 Å². The van der Waals surface area contributed by atoms with Crippen LogP contribution in [0.2, 0.25) is 0 Å². The molecular weight excluding hydrogens is 340 g/mol. The number of rotatable bonds is 4. The molecule has 0 amide bonds. The number of fused-ring (bicyclic) bond motifs is 2. The van der Waals surface area contributed by atoms with E-state index in [1.807, 2.05) is 0 Å². The van der Waals surface area contributed by atoms with Gasteiger partial charge in [-0.2, -0.15) is 0 Å². The van der Waals surface area contributed by atoms with Crippen LogP contribution in [0.4, 0.5) is 5.69 Å². The van der Waals surface area contributed by atoms with Gasteiger partial charge in [0.05, 0.1) is 27.7 Å². The molecule has 0 aliphatic carbocycles. The molecule has 0 saturated carbocycles. The van der Waals surface area contributed by atoms with Gasteiger partial charge in [0.15, 0.2) is 5.58 Å². The van der Waals surface area contributed by atoms with Crippen LogP contribution in [-0.2, 0) is 13.1 Å². The van der Waals surface area contributed by atoms with E-state index in [4.69, 9.17) is 4.42 Å². The van der Waals surface area contributed by atoms with Crippen LogP contribution in [0.5, 0.6) is 0 Å². The van der Waals surface area contributed by atoms with Gasteiger partial charge in [-0.3, -0.25) is 24.0 Å². The van der Waals surface area contributed by atoms with E-state index in [1.54, 1.807) is 24.3 Å². The normalized spacial score (nSPS) is 11.2. The van der Waals surface area contributed by atoms with Crippen molar-refractivity contribution in [3.8, 4) is 0 Å². The summed E-state index contributed by atoms with van der Waals surface area (Å²) < 4.78 is 7.91. The molecule has 0 saturated heterocycles. The number of nitrogens with zero attached hydrogens (tertiary/aromatic N) is 4. The number of hydrogen-bond acceptors (Lipinski definition) is 6. The second-order valence-electron chi connectivity index (χ2n) is 5.69. The molecule has 130 valence electrons. The number of aryl methyl sites for hydroxylation is 2. The van der Waals surface area contributed by atoms with Gasteiger partial charge in [0.1, 0.15) is 0 Å². The molecule has 9 heteroatoms. The summed E-state index contributed by atoms with van der Waals surface area (Å²) in [5, 5.41) is 11.1. The lowest BCUT2D eigenvalue weighted by Crippen LogP contribution is -2.25. The Hall–Kier alpha value is -3.75. The molecule has 2 aromatic heterocycles. The highest BCUT2D eigenvalue weighted by Crippen LogP contribution is 2.16. The molecule has 0 spiro atoms. The average molecular weight is 352 g/mol. The van der Waals surface area contributed by atoms with Gasteiger partial charge >= 0.3 is 5.76 Å². The number of benzene rings is 2. The number of para-hydroxylation sites is 2. The maximum Gasteiger partial charge on any atom is 0.420 e. The van der Waals surface area contributed by atoms with E-state index in [9.17, 15) is 19.7 Å². The first-order valence-electron chi connectivity index (χ1n) is 7.76. The van der Waals surface area contributed by atoms with Crippen LogP contribution in [-0.4, -0.2) is 19.0 Å². The smallest absolute Gasteiger partial charge is 0.408 e. The van der Waals surface area contributed by atoms with Crippen LogP contribution in [0.3, 0.4) is 0 Å². The predicted molar refractivity (Wildman–Crippen MR) is 93.1 cm³/mol. The molecule has 4 rings (SSSR count). The molecule has 0 aliphatic rings. The minimum absolute atomic E-state index is 0.158.